The van der Waals surface area contributed by atoms with Crippen molar-refractivity contribution >= 4 is 26.6 Å². The summed E-state index contributed by atoms with van der Waals surface area (Å²) in [6.45, 7) is 0.574. The smallest absolute Gasteiger partial charge is 0.147 e. The zero-order chi connectivity index (χ0) is 12.3. The van der Waals surface area contributed by atoms with Crippen molar-refractivity contribution in [3.63, 3.8) is 0 Å². The average molecular weight is 254 g/mol. The second-order valence-electron chi connectivity index (χ2n) is 3.90. The Bertz CT molecular complexity index is 604. The highest BCUT2D eigenvalue weighted by Crippen LogP contribution is 2.21. The minimum Gasteiger partial charge on any atom is -0.464 e. The van der Waals surface area contributed by atoms with Crippen molar-refractivity contribution in [3.8, 4) is 0 Å². The lowest BCUT2D eigenvalue weighted by atomic mass is 10.3. The van der Waals surface area contributed by atoms with Crippen LogP contribution in [0.1, 0.15) is 6.42 Å². The first-order valence-corrected chi connectivity index (χ1v) is 7.36. The predicted octanol–water partition coefficient (Wildman–Crippen LogP) is 1.67. The summed E-state index contributed by atoms with van der Waals surface area (Å²) < 4.78 is 27.2. The summed E-state index contributed by atoms with van der Waals surface area (Å²) in [6.07, 6.45) is 5.07. The number of anilines is 1. The van der Waals surface area contributed by atoms with E-state index in [-0.39, 0.29) is 5.75 Å². The van der Waals surface area contributed by atoms with Gasteiger partial charge in [-0.3, -0.25) is 0 Å². The Balaban J connectivity index is 1.97. The second-order valence-corrected chi connectivity index (χ2v) is 6.16. The highest BCUT2D eigenvalue weighted by Gasteiger charge is 2.05. The molecule has 2 aromatic heterocycles. The molecule has 5 nitrogen and oxygen atoms in total. The van der Waals surface area contributed by atoms with Gasteiger partial charge in [-0.1, -0.05) is 0 Å². The summed E-state index contributed by atoms with van der Waals surface area (Å²) in [5.41, 5.74) is 0.769. The van der Waals surface area contributed by atoms with Crippen molar-refractivity contribution in [2.75, 3.05) is 23.9 Å². The number of hydrogen-bond donors (Lipinski definition) is 1. The summed E-state index contributed by atoms with van der Waals surface area (Å²) >= 11 is 0. The van der Waals surface area contributed by atoms with Crippen LogP contribution in [0.3, 0.4) is 0 Å². The van der Waals surface area contributed by atoms with Gasteiger partial charge in [0, 0.05) is 19.0 Å². The number of furan rings is 1. The molecule has 0 aliphatic heterocycles. The maximum absolute atomic E-state index is 11.0. The minimum atomic E-state index is -2.89. The van der Waals surface area contributed by atoms with Crippen LogP contribution in [0.4, 0.5) is 5.82 Å². The molecule has 0 aliphatic carbocycles. The Kier molecular flexibility index (Phi) is 3.33. The van der Waals surface area contributed by atoms with Crippen LogP contribution in [0.15, 0.2) is 29.0 Å². The Morgan fingerprint density at radius 2 is 2.24 bits per heavy atom. The van der Waals surface area contributed by atoms with Gasteiger partial charge in [-0.2, -0.15) is 0 Å². The van der Waals surface area contributed by atoms with E-state index in [2.05, 4.69) is 10.3 Å². The first kappa shape index (κ1) is 11.9. The molecule has 0 amide bonds. The molecule has 1 N–H and O–H groups in total. The molecule has 2 heterocycles. The number of nitrogens with one attached hydrogen (secondary N) is 1. The highest BCUT2D eigenvalue weighted by molar-refractivity contribution is 7.90. The van der Waals surface area contributed by atoms with Gasteiger partial charge >= 0.3 is 0 Å². The van der Waals surface area contributed by atoms with E-state index in [0.29, 0.717) is 13.0 Å². The summed E-state index contributed by atoms with van der Waals surface area (Å²) in [6, 6.07) is 3.62. The number of aromatic nitrogens is 1. The summed E-state index contributed by atoms with van der Waals surface area (Å²) in [5.74, 6) is 0.909. The molecule has 6 heteroatoms. The molecule has 92 valence electrons. The first-order chi connectivity index (χ1) is 8.06. The van der Waals surface area contributed by atoms with E-state index in [1.165, 1.54) is 6.26 Å². The third kappa shape index (κ3) is 3.20. The van der Waals surface area contributed by atoms with Gasteiger partial charge in [0.05, 0.1) is 17.4 Å². The third-order valence-electron chi connectivity index (χ3n) is 2.36. The van der Waals surface area contributed by atoms with E-state index in [4.69, 9.17) is 4.42 Å². The molecule has 2 aromatic rings. The number of fused-ring (bicyclic) bond motifs is 1. The molecule has 0 aliphatic rings. The van der Waals surface area contributed by atoms with E-state index in [9.17, 15) is 8.42 Å². The number of rotatable bonds is 5. The highest BCUT2D eigenvalue weighted by atomic mass is 32.2. The van der Waals surface area contributed by atoms with Crippen molar-refractivity contribution in [3.05, 3.63) is 24.6 Å². The molecular weight excluding hydrogens is 240 g/mol. The molecule has 0 bridgehead atoms. The van der Waals surface area contributed by atoms with Crippen molar-refractivity contribution in [1.82, 2.24) is 4.98 Å². The molecule has 2 rings (SSSR count). The lowest BCUT2D eigenvalue weighted by Gasteiger charge is -2.05. The fourth-order valence-corrected chi connectivity index (χ4v) is 2.25. The molecule has 0 saturated carbocycles. The molecule has 0 unspecified atom stereocenters. The Hall–Kier alpha value is -1.56. The number of hydrogen-bond acceptors (Lipinski definition) is 5. The predicted molar refractivity (Wildman–Crippen MR) is 66.8 cm³/mol. The van der Waals surface area contributed by atoms with Crippen LogP contribution in [-0.2, 0) is 9.84 Å². The topological polar surface area (TPSA) is 72.2 Å². The molecule has 0 radical (unpaired) electrons. The van der Waals surface area contributed by atoms with E-state index >= 15 is 0 Å². The van der Waals surface area contributed by atoms with Gasteiger partial charge in [0.2, 0.25) is 0 Å². The van der Waals surface area contributed by atoms with Crippen LogP contribution < -0.4 is 5.32 Å². The van der Waals surface area contributed by atoms with Crippen LogP contribution in [0.2, 0.25) is 0 Å². The summed E-state index contributed by atoms with van der Waals surface area (Å²) in [4.78, 5) is 4.19. The van der Waals surface area contributed by atoms with Gasteiger partial charge in [0.15, 0.2) is 0 Å². The van der Waals surface area contributed by atoms with Gasteiger partial charge in [-0.25, -0.2) is 13.4 Å². The van der Waals surface area contributed by atoms with E-state index in [0.717, 1.165) is 16.8 Å². The van der Waals surface area contributed by atoms with Gasteiger partial charge in [0.25, 0.3) is 0 Å². The molecule has 17 heavy (non-hydrogen) atoms. The molecule has 0 aromatic carbocycles. The maximum Gasteiger partial charge on any atom is 0.147 e. The third-order valence-corrected chi connectivity index (χ3v) is 3.39. The Morgan fingerprint density at radius 3 is 3.00 bits per heavy atom. The Morgan fingerprint density at radius 1 is 1.41 bits per heavy atom. The van der Waals surface area contributed by atoms with Crippen LogP contribution in [0.25, 0.3) is 11.0 Å². The fraction of sp³-hybridized carbons (Fsp3) is 0.364. The number of nitrogens with zero attached hydrogens (tertiary/aromatic N) is 1. The quantitative estimate of drug-likeness (QED) is 0.822. The van der Waals surface area contributed by atoms with Crippen LogP contribution in [-0.4, -0.2) is 32.0 Å². The second kappa shape index (κ2) is 4.75. The summed E-state index contributed by atoms with van der Waals surface area (Å²) in [7, 11) is -2.89. The van der Waals surface area contributed by atoms with Gasteiger partial charge in [0.1, 0.15) is 21.2 Å². The lowest BCUT2D eigenvalue weighted by molar-refractivity contribution is 0.600. The molecule has 0 atom stereocenters. The van der Waals surface area contributed by atoms with Crippen molar-refractivity contribution in [2.45, 2.75) is 6.42 Å². The zero-order valence-electron chi connectivity index (χ0n) is 9.51. The molecular formula is C11H14N2O3S. The van der Waals surface area contributed by atoms with Crippen molar-refractivity contribution in [1.29, 1.82) is 0 Å². The van der Waals surface area contributed by atoms with Crippen LogP contribution in [0.5, 0.6) is 0 Å². The van der Waals surface area contributed by atoms with Crippen LogP contribution >= 0.6 is 0 Å². The molecule has 0 spiro atoms. The average Bonchev–Trinajstić information content (AvgIpc) is 2.71. The van der Waals surface area contributed by atoms with Gasteiger partial charge in [-0.15, -0.1) is 0 Å². The normalized spacial score (nSPS) is 11.8. The number of sulfone groups is 1. The van der Waals surface area contributed by atoms with Gasteiger partial charge < -0.3 is 9.73 Å². The van der Waals surface area contributed by atoms with Crippen molar-refractivity contribution < 1.29 is 12.8 Å². The lowest BCUT2D eigenvalue weighted by Crippen LogP contribution is -2.10. The molecule has 0 saturated heterocycles. The van der Waals surface area contributed by atoms with E-state index < -0.39 is 9.84 Å². The van der Waals surface area contributed by atoms with Crippen molar-refractivity contribution in [2.24, 2.45) is 0 Å². The maximum atomic E-state index is 11.0. The van der Waals surface area contributed by atoms with Crippen LogP contribution in [0, 0.1) is 0 Å². The van der Waals surface area contributed by atoms with E-state index in [1.807, 2.05) is 6.07 Å². The standard InChI is InChI=1S/C11H14N2O3S/c1-17(14,15)8-2-5-12-11-9-4-7-16-10(9)3-6-13-11/h3-4,6-7H,2,5,8H2,1H3,(H,12,13). The fourth-order valence-electron chi connectivity index (χ4n) is 1.58. The minimum absolute atomic E-state index is 0.182. The zero-order valence-corrected chi connectivity index (χ0v) is 10.3. The summed E-state index contributed by atoms with van der Waals surface area (Å²) in [5, 5.41) is 4.02. The SMILES string of the molecule is CS(=O)(=O)CCCNc1nccc2occc12. The molecule has 0 fully saturated rings. The first-order valence-electron chi connectivity index (χ1n) is 5.30. The van der Waals surface area contributed by atoms with E-state index in [1.54, 1.807) is 18.5 Å². The Labute approximate surface area is 99.8 Å². The number of pyridine rings is 1. The monoisotopic (exact) mass is 254 g/mol. The van der Waals surface area contributed by atoms with Gasteiger partial charge in [-0.05, 0) is 18.6 Å². The largest absolute Gasteiger partial charge is 0.464 e.